The highest BCUT2D eigenvalue weighted by Crippen LogP contribution is 2.18. The predicted molar refractivity (Wildman–Crippen MR) is 113 cm³/mol. The molecule has 3 aromatic rings. The Morgan fingerprint density at radius 1 is 1.15 bits per heavy atom. The van der Waals surface area contributed by atoms with Gasteiger partial charge < -0.3 is 14.8 Å². The van der Waals surface area contributed by atoms with Gasteiger partial charge in [-0.1, -0.05) is 0 Å². The molecule has 0 atom stereocenters. The Hall–Kier alpha value is -4.61. The van der Waals surface area contributed by atoms with E-state index in [4.69, 9.17) is 9.47 Å². The lowest BCUT2D eigenvalue weighted by molar-refractivity contribution is -0.384. The number of halogens is 1. The zero-order chi connectivity index (χ0) is 24.0. The number of carbonyl (C=O) groups excluding carboxylic acids is 2. The summed E-state index contributed by atoms with van der Waals surface area (Å²) in [6.07, 6.45) is 0. The Bertz CT molecular complexity index is 1240. The van der Waals surface area contributed by atoms with Crippen LogP contribution < -0.4 is 15.6 Å². The van der Waals surface area contributed by atoms with Gasteiger partial charge >= 0.3 is 5.97 Å². The number of benzene rings is 2. The minimum absolute atomic E-state index is 0.0241. The average molecular weight is 456 g/mol. The van der Waals surface area contributed by atoms with Crippen LogP contribution in [0.2, 0.25) is 0 Å². The van der Waals surface area contributed by atoms with Gasteiger partial charge in [0.05, 0.1) is 23.3 Å². The van der Waals surface area contributed by atoms with Crippen LogP contribution >= 0.6 is 0 Å². The summed E-state index contributed by atoms with van der Waals surface area (Å²) in [6, 6.07) is 10.9. The molecule has 0 radical (unpaired) electrons. The average Bonchev–Trinajstić information content (AvgIpc) is 2.79. The van der Waals surface area contributed by atoms with Gasteiger partial charge in [0.2, 0.25) is 5.69 Å². The molecule has 0 spiro atoms. The molecule has 3 rings (SSSR count). The topological polar surface area (TPSA) is 143 Å². The van der Waals surface area contributed by atoms with Crippen molar-refractivity contribution in [2.75, 3.05) is 18.5 Å². The van der Waals surface area contributed by atoms with Crippen molar-refractivity contribution in [3.05, 3.63) is 86.6 Å². The molecule has 2 aromatic carbocycles. The largest absolute Gasteiger partial charge is 0.481 e. The maximum Gasteiger partial charge on any atom is 0.362 e. The standard InChI is InChI=1S/C21H17FN4O7/c1-2-32-21(29)20-17(11-19(28)25(24-20)15-7-3-13(22)4-8-15)33-12-18(27)23-14-5-9-16(10-6-14)26(30)31/h3-11H,2,12H2,1H3,(H,23,27). The summed E-state index contributed by atoms with van der Waals surface area (Å²) >= 11 is 0. The molecule has 33 heavy (non-hydrogen) atoms. The molecule has 11 nitrogen and oxygen atoms in total. The molecule has 1 amide bonds. The zero-order valence-electron chi connectivity index (χ0n) is 17.2. The third-order valence-corrected chi connectivity index (χ3v) is 4.16. The van der Waals surface area contributed by atoms with Gasteiger partial charge in [0, 0.05) is 17.8 Å². The lowest BCUT2D eigenvalue weighted by Crippen LogP contribution is -2.27. The summed E-state index contributed by atoms with van der Waals surface area (Å²) in [6.45, 7) is 1.01. The highest BCUT2D eigenvalue weighted by atomic mass is 19.1. The van der Waals surface area contributed by atoms with Crippen LogP contribution in [0.15, 0.2) is 59.4 Å². The minimum atomic E-state index is -0.890. The number of nitrogens with one attached hydrogen (secondary N) is 1. The van der Waals surface area contributed by atoms with Crippen LogP contribution in [0.3, 0.4) is 0 Å². The van der Waals surface area contributed by atoms with Crippen LogP contribution in [-0.2, 0) is 9.53 Å². The Labute approximate surface area is 185 Å². The number of nitro benzene ring substituents is 1. The Kier molecular flexibility index (Phi) is 7.08. The van der Waals surface area contributed by atoms with Gasteiger partial charge in [0.25, 0.3) is 17.2 Å². The molecule has 170 valence electrons. The second kappa shape index (κ2) is 10.1. The number of non-ortho nitro benzene ring substituents is 1. The molecular weight excluding hydrogens is 439 g/mol. The Morgan fingerprint density at radius 3 is 2.42 bits per heavy atom. The summed E-state index contributed by atoms with van der Waals surface area (Å²) in [5.41, 5.74) is -0.709. The normalized spacial score (nSPS) is 10.4. The van der Waals surface area contributed by atoms with Gasteiger partial charge in [-0.05, 0) is 43.3 Å². The lowest BCUT2D eigenvalue weighted by atomic mass is 10.3. The van der Waals surface area contributed by atoms with E-state index in [1.807, 2.05) is 0 Å². The molecule has 0 saturated carbocycles. The van der Waals surface area contributed by atoms with Crippen molar-refractivity contribution in [2.24, 2.45) is 0 Å². The Morgan fingerprint density at radius 2 is 1.82 bits per heavy atom. The first kappa shape index (κ1) is 23.1. The third-order valence-electron chi connectivity index (χ3n) is 4.16. The van der Waals surface area contributed by atoms with Crippen LogP contribution in [0.4, 0.5) is 15.8 Å². The van der Waals surface area contributed by atoms with Crippen molar-refractivity contribution in [3.63, 3.8) is 0 Å². The van der Waals surface area contributed by atoms with Crippen LogP contribution in [0.1, 0.15) is 17.4 Å². The minimum Gasteiger partial charge on any atom is -0.481 e. The van der Waals surface area contributed by atoms with Crippen LogP contribution in [-0.4, -0.2) is 39.8 Å². The second-order valence-corrected chi connectivity index (χ2v) is 6.44. The first-order chi connectivity index (χ1) is 15.8. The van der Waals surface area contributed by atoms with Crippen LogP contribution in [0.5, 0.6) is 5.75 Å². The fraction of sp³-hybridized carbons (Fsp3) is 0.143. The number of hydrogen-bond acceptors (Lipinski definition) is 8. The first-order valence-electron chi connectivity index (χ1n) is 9.53. The van der Waals surface area contributed by atoms with Crippen molar-refractivity contribution in [3.8, 4) is 11.4 Å². The van der Waals surface area contributed by atoms with Gasteiger partial charge in [0.15, 0.2) is 12.4 Å². The highest BCUT2D eigenvalue weighted by Gasteiger charge is 2.21. The van der Waals surface area contributed by atoms with Crippen LogP contribution in [0, 0.1) is 15.9 Å². The van der Waals surface area contributed by atoms with E-state index in [9.17, 15) is 28.9 Å². The fourth-order valence-corrected chi connectivity index (χ4v) is 2.67. The van der Waals surface area contributed by atoms with E-state index in [-0.39, 0.29) is 35.1 Å². The van der Waals surface area contributed by atoms with E-state index in [2.05, 4.69) is 10.4 Å². The van der Waals surface area contributed by atoms with E-state index >= 15 is 0 Å². The Balaban J connectivity index is 1.80. The molecule has 0 bridgehead atoms. The number of anilines is 1. The van der Waals surface area contributed by atoms with Crippen molar-refractivity contribution in [1.82, 2.24) is 9.78 Å². The fourth-order valence-electron chi connectivity index (χ4n) is 2.67. The molecular formula is C21H17FN4O7. The van der Waals surface area contributed by atoms with E-state index < -0.39 is 34.8 Å². The molecule has 0 unspecified atom stereocenters. The number of aromatic nitrogens is 2. The predicted octanol–water partition coefficient (Wildman–Crippen LogP) is 2.47. The van der Waals surface area contributed by atoms with Gasteiger partial charge in [-0.25, -0.2) is 9.18 Å². The van der Waals surface area contributed by atoms with Gasteiger partial charge in [-0.3, -0.25) is 19.7 Å². The third kappa shape index (κ3) is 5.76. The molecule has 1 heterocycles. The number of ether oxygens (including phenoxy) is 2. The summed E-state index contributed by atoms with van der Waals surface area (Å²) < 4.78 is 24.3. The number of nitro groups is 1. The van der Waals surface area contributed by atoms with Crippen molar-refractivity contribution in [2.45, 2.75) is 6.92 Å². The quantitative estimate of drug-likeness (QED) is 0.309. The summed E-state index contributed by atoms with van der Waals surface area (Å²) in [7, 11) is 0. The monoisotopic (exact) mass is 456 g/mol. The lowest BCUT2D eigenvalue weighted by Gasteiger charge is -2.12. The molecule has 1 aromatic heterocycles. The van der Waals surface area contributed by atoms with Gasteiger partial charge in [-0.15, -0.1) is 0 Å². The molecule has 0 fully saturated rings. The summed E-state index contributed by atoms with van der Waals surface area (Å²) in [5, 5.41) is 17.1. The van der Waals surface area contributed by atoms with Gasteiger partial charge in [-0.2, -0.15) is 9.78 Å². The maximum atomic E-state index is 13.2. The smallest absolute Gasteiger partial charge is 0.362 e. The number of nitrogens with zero attached hydrogens (tertiary/aromatic N) is 3. The number of rotatable bonds is 8. The maximum absolute atomic E-state index is 13.2. The van der Waals surface area contributed by atoms with E-state index in [0.717, 1.165) is 22.9 Å². The second-order valence-electron chi connectivity index (χ2n) is 6.44. The number of carbonyl (C=O) groups is 2. The molecule has 0 aliphatic carbocycles. The summed E-state index contributed by atoms with van der Waals surface area (Å²) in [4.78, 5) is 47.2. The molecule has 0 saturated heterocycles. The van der Waals surface area contributed by atoms with Crippen molar-refractivity contribution in [1.29, 1.82) is 0 Å². The first-order valence-corrected chi connectivity index (χ1v) is 9.53. The van der Waals surface area contributed by atoms with Crippen LogP contribution in [0.25, 0.3) is 5.69 Å². The highest BCUT2D eigenvalue weighted by molar-refractivity contribution is 5.93. The SMILES string of the molecule is CCOC(=O)c1nn(-c2ccc(F)cc2)c(=O)cc1OCC(=O)Nc1ccc([N+](=O)[O-])cc1. The van der Waals surface area contributed by atoms with Gasteiger partial charge in [0.1, 0.15) is 5.82 Å². The molecule has 12 heteroatoms. The van der Waals surface area contributed by atoms with Crippen molar-refractivity contribution < 1.29 is 28.4 Å². The van der Waals surface area contributed by atoms with Crippen molar-refractivity contribution >= 4 is 23.3 Å². The zero-order valence-corrected chi connectivity index (χ0v) is 17.2. The molecule has 0 aliphatic heterocycles. The number of hydrogen-bond donors (Lipinski definition) is 1. The van der Waals surface area contributed by atoms with E-state index in [1.54, 1.807) is 6.92 Å². The number of esters is 1. The molecule has 0 aliphatic rings. The molecule has 1 N–H and O–H groups in total. The van der Waals surface area contributed by atoms with E-state index in [0.29, 0.717) is 0 Å². The van der Waals surface area contributed by atoms with E-state index in [1.165, 1.54) is 36.4 Å². The summed E-state index contributed by atoms with van der Waals surface area (Å²) in [5.74, 6) is -2.34. The number of amides is 1.